The lowest BCUT2D eigenvalue weighted by molar-refractivity contribution is 0.218. The second kappa shape index (κ2) is 7.42. The molecular weight excluding hydrogens is 352 g/mol. The van der Waals surface area contributed by atoms with E-state index in [1.54, 1.807) is 23.4 Å². The van der Waals surface area contributed by atoms with Crippen LogP contribution >= 0.6 is 27.7 Å². The van der Waals surface area contributed by atoms with Crippen molar-refractivity contribution in [2.45, 2.75) is 25.5 Å². The molecule has 114 valence electrons. The summed E-state index contributed by atoms with van der Waals surface area (Å²) in [5.41, 5.74) is 0.762. The Morgan fingerprint density at radius 2 is 2.19 bits per heavy atom. The molecule has 0 radical (unpaired) electrons. The molecule has 0 aliphatic rings. The third kappa shape index (κ3) is 4.08. The molecule has 0 fully saturated rings. The highest BCUT2D eigenvalue weighted by molar-refractivity contribution is 9.10. The highest BCUT2D eigenvalue weighted by Crippen LogP contribution is 2.21. The Labute approximate surface area is 137 Å². The summed E-state index contributed by atoms with van der Waals surface area (Å²) in [6, 6.07) is 5.62. The molecule has 1 aromatic carbocycles. The summed E-state index contributed by atoms with van der Waals surface area (Å²) in [6.07, 6.45) is 0. The van der Waals surface area contributed by atoms with Gasteiger partial charge in [0.05, 0.1) is 17.5 Å². The SMILES string of the molecule is COCCSc1nc2ccc(Br)cc2c(=O)n1CC(C)C. The van der Waals surface area contributed by atoms with Gasteiger partial charge in [-0.15, -0.1) is 0 Å². The van der Waals surface area contributed by atoms with Crippen LogP contribution in [-0.2, 0) is 11.3 Å². The highest BCUT2D eigenvalue weighted by Gasteiger charge is 2.13. The zero-order valence-electron chi connectivity index (χ0n) is 12.4. The number of fused-ring (bicyclic) bond motifs is 1. The van der Waals surface area contributed by atoms with Gasteiger partial charge in [-0.05, 0) is 24.1 Å². The first kappa shape index (κ1) is 16.5. The van der Waals surface area contributed by atoms with Gasteiger partial charge in [0.25, 0.3) is 5.56 Å². The Bertz CT molecular complexity index is 685. The molecule has 21 heavy (non-hydrogen) atoms. The van der Waals surface area contributed by atoms with Gasteiger partial charge < -0.3 is 4.74 Å². The number of nitrogens with zero attached hydrogens (tertiary/aromatic N) is 2. The zero-order valence-corrected chi connectivity index (χ0v) is 14.8. The second-order valence-electron chi connectivity index (χ2n) is 5.21. The van der Waals surface area contributed by atoms with Crippen molar-refractivity contribution in [3.8, 4) is 0 Å². The first-order valence-corrected chi connectivity index (χ1v) is 8.62. The number of aromatic nitrogens is 2. The van der Waals surface area contributed by atoms with E-state index < -0.39 is 0 Å². The molecule has 0 unspecified atom stereocenters. The van der Waals surface area contributed by atoms with Crippen LogP contribution in [0.5, 0.6) is 0 Å². The van der Waals surface area contributed by atoms with Crippen LogP contribution < -0.4 is 5.56 Å². The van der Waals surface area contributed by atoms with Gasteiger partial charge in [-0.25, -0.2) is 4.98 Å². The molecule has 1 heterocycles. The van der Waals surface area contributed by atoms with Crippen LogP contribution in [0.4, 0.5) is 0 Å². The van der Waals surface area contributed by atoms with Crippen LogP contribution in [0.2, 0.25) is 0 Å². The van der Waals surface area contributed by atoms with Crippen molar-refractivity contribution >= 4 is 38.6 Å². The fourth-order valence-corrected chi connectivity index (χ4v) is 3.30. The van der Waals surface area contributed by atoms with Crippen LogP contribution in [0, 0.1) is 5.92 Å². The van der Waals surface area contributed by atoms with E-state index in [2.05, 4.69) is 34.8 Å². The first-order valence-electron chi connectivity index (χ1n) is 6.84. The topological polar surface area (TPSA) is 44.1 Å². The van der Waals surface area contributed by atoms with E-state index >= 15 is 0 Å². The number of rotatable bonds is 6. The summed E-state index contributed by atoms with van der Waals surface area (Å²) >= 11 is 4.98. The summed E-state index contributed by atoms with van der Waals surface area (Å²) < 4.78 is 7.75. The molecule has 0 saturated heterocycles. The zero-order chi connectivity index (χ0) is 15.4. The molecule has 2 rings (SSSR count). The third-order valence-electron chi connectivity index (χ3n) is 2.95. The minimum Gasteiger partial charge on any atom is -0.384 e. The van der Waals surface area contributed by atoms with Crippen LogP contribution in [0.3, 0.4) is 0 Å². The van der Waals surface area contributed by atoms with Crippen molar-refractivity contribution in [2.75, 3.05) is 19.5 Å². The predicted octanol–water partition coefficient (Wildman–Crippen LogP) is 3.55. The highest BCUT2D eigenvalue weighted by atomic mass is 79.9. The van der Waals surface area contributed by atoms with Gasteiger partial charge in [0.15, 0.2) is 5.16 Å². The monoisotopic (exact) mass is 370 g/mol. The van der Waals surface area contributed by atoms with Gasteiger partial charge in [-0.2, -0.15) is 0 Å². The van der Waals surface area contributed by atoms with E-state index in [4.69, 9.17) is 4.74 Å². The van der Waals surface area contributed by atoms with Gasteiger partial charge in [0.2, 0.25) is 0 Å². The number of halogens is 1. The number of hydrogen-bond acceptors (Lipinski definition) is 4. The molecular formula is C15H19BrN2O2S. The van der Waals surface area contributed by atoms with Crippen molar-refractivity contribution in [1.29, 1.82) is 0 Å². The van der Waals surface area contributed by atoms with E-state index in [1.165, 1.54) is 0 Å². The Balaban J connectivity index is 2.53. The molecule has 0 atom stereocenters. The van der Waals surface area contributed by atoms with Gasteiger partial charge >= 0.3 is 0 Å². The van der Waals surface area contributed by atoms with Crippen LogP contribution in [0.15, 0.2) is 32.6 Å². The second-order valence-corrected chi connectivity index (χ2v) is 7.18. The van der Waals surface area contributed by atoms with Crippen molar-refractivity contribution in [3.05, 3.63) is 33.0 Å². The van der Waals surface area contributed by atoms with Crippen molar-refractivity contribution in [1.82, 2.24) is 9.55 Å². The minimum absolute atomic E-state index is 0.0231. The standard InChI is InChI=1S/C15H19BrN2O2S/c1-10(2)9-18-14(19)12-8-11(16)4-5-13(12)17-15(18)21-7-6-20-3/h4-5,8,10H,6-7,9H2,1-3H3. The lowest BCUT2D eigenvalue weighted by Gasteiger charge is -2.14. The average Bonchev–Trinajstić information content (AvgIpc) is 2.43. The quantitative estimate of drug-likeness (QED) is 0.443. The van der Waals surface area contributed by atoms with Crippen molar-refractivity contribution in [2.24, 2.45) is 5.92 Å². The van der Waals surface area contributed by atoms with Gasteiger partial charge in [-0.3, -0.25) is 9.36 Å². The fraction of sp³-hybridized carbons (Fsp3) is 0.467. The van der Waals surface area contributed by atoms with Crippen molar-refractivity contribution in [3.63, 3.8) is 0 Å². The Morgan fingerprint density at radius 1 is 1.43 bits per heavy atom. The molecule has 4 nitrogen and oxygen atoms in total. The Kier molecular flexibility index (Phi) is 5.84. The molecule has 0 saturated carbocycles. The third-order valence-corrected chi connectivity index (χ3v) is 4.38. The maximum atomic E-state index is 12.7. The molecule has 0 amide bonds. The summed E-state index contributed by atoms with van der Waals surface area (Å²) in [6.45, 7) is 5.51. The fourth-order valence-electron chi connectivity index (χ4n) is 2.03. The number of hydrogen-bond donors (Lipinski definition) is 0. The van der Waals surface area contributed by atoms with E-state index in [9.17, 15) is 4.79 Å². The maximum Gasteiger partial charge on any atom is 0.262 e. The average molecular weight is 371 g/mol. The van der Waals surface area contributed by atoms with E-state index in [0.29, 0.717) is 24.5 Å². The molecule has 1 aromatic heterocycles. The molecule has 0 N–H and O–H groups in total. The van der Waals surface area contributed by atoms with E-state index in [1.807, 2.05) is 18.2 Å². The maximum absolute atomic E-state index is 12.7. The lowest BCUT2D eigenvalue weighted by atomic mass is 10.2. The lowest BCUT2D eigenvalue weighted by Crippen LogP contribution is -2.25. The van der Waals surface area contributed by atoms with Crippen LogP contribution in [0.1, 0.15) is 13.8 Å². The van der Waals surface area contributed by atoms with Crippen LogP contribution in [-0.4, -0.2) is 29.0 Å². The predicted molar refractivity (Wildman–Crippen MR) is 91.1 cm³/mol. The van der Waals surface area contributed by atoms with Crippen LogP contribution in [0.25, 0.3) is 10.9 Å². The van der Waals surface area contributed by atoms with E-state index in [-0.39, 0.29) is 5.56 Å². The largest absolute Gasteiger partial charge is 0.384 e. The number of methoxy groups -OCH3 is 1. The van der Waals surface area contributed by atoms with Crippen molar-refractivity contribution < 1.29 is 4.74 Å². The molecule has 2 aromatic rings. The normalized spacial score (nSPS) is 11.5. The summed E-state index contributed by atoms with van der Waals surface area (Å²) in [7, 11) is 1.67. The Hall–Kier alpha value is -0.850. The summed E-state index contributed by atoms with van der Waals surface area (Å²) in [5, 5.41) is 1.42. The van der Waals surface area contributed by atoms with Gasteiger partial charge in [0, 0.05) is 23.9 Å². The molecule has 6 heteroatoms. The number of thioether (sulfide) groups is 1. The Morgan fingerprint density at radius 3 is 2.86 bits per heavy atom. The van der Waals surface area contributed by atoms with Gasteiger partial charge in [0.1, 0.15) is 0 Å². The number of benzene rings is 1. The van der Waals surface area contributed by atoms with E-state index in [0.717, 1.165) is 20.9 Å². The smallest absolute Gasteiger partial charge is 0.262 e. The first-order chi connectivity index (χ1) is 10.0. The molecule has 0 bridgehead atoms. The molecule has 0 aliphatic carbocycles. The molecule has 0 aliphatic heterocycles. The minimum atomic E-state index is 0.0231. The van der Waals surface area contributed by atoms with Gasteiger partial charge in [-0.1, -0.05) is 41.5 Å². The number of ether oxygens (including phenoxy) is 1. The summed E-state index contributed by atoms with van der Waals surface area (Å²) in [4.78, 5) is 17.4. The molecule has 0 spiro atoms. The summed E-state index contributed by atoms with van der Waals surface area (Å²) in [5.74, 6) is 1.17.